The fraction of sp³-hybridized carbons (Fsp3) is 0.462. The first-order valence-corrected chi connectivity index (χ1v) is 6.07. The molecular weight excluding hydrogens is 214 g/mol. The summed E-state index contributed by atoms with van der Waals surface area (Å²) in [5.41, 5.74) is 0.959. The second-order valence-electron chi connectivity index (χ2n) is 4.61. The summed E-state index contributed by atoms with van der Waals surface area (Å²) >= 11 is 0. The van der Waals surface area contributed by atoms with E-state index in [1.807, 2.05) is 16.8 Å². The Hall–Kier alpha value is -1.55. The highest BCUT2D eigenvalue weighted by Gasteiger charge is 2.16. The standard InChI is InChI=1S/C13H17N3O/c1-17-12-4-2-3-11-9-16(15-13(11)12)8-10-5-6-14-7-10/h2-4,9-10,14H,5-8H2,1H3. The molecule has 0 saturated carbocycles. The molecule has 1 aromatic heterocycles. The van der Waals surface area contributed by atoms with Gasteiger partial charge < -0.3 is 10.1 Å². The number of ether oxygens (including phenoxy) is 1. The van der Waals surface area contributed by atoms with Crippen LogP contribution in [0.1, 0.15) is 6.42 Å². The SMILES string of the molecule is COc1cccc2cn(CC3CCNC3)nc12. The Balaban J connectivity index is 1.90. The molecule has 0 amide bonds. The third-order valence-corrected chi connectivity index (χ3v) is 3.37. The average molecular weight is 231 g/mol. The third kappa shape index (κ3) is 2.00. The van der Waals surface area contributed by atoms with E-state index >= 15 is 0 Å². The minimum absolute atomic E-state index is 0.704. The zero-order valence-electron chi connectivity index (χ0n) is 10.0. The third-order valence-electron chi connectivity index (χ3n) is 3.37. The van der Waals surface area contributed by atoms with Crippen LogP contribution < -0.4 is 10.1 Å². The lowest BCUT2D eigenvalue weighted by Crippen LogP contribution is -2.14. The van der Waals surface area contributed by atoms with Crippen molar-refractivity contribution in [2.45, 2.75) is 13.0 Å². The number of fused-ring (bicyclic) bond motifs is 1. The average Bonchev–Trinajstić information content (AvgIpc) is 2.97. The molecule has 2 aromatic rings. The summed E-state index contributed by atoms with van der Waals surface area (Å²) in [5.74, 6) is 1.56. The molecule has 2 heterocycles. The lowest BCUT2D eigenvalue weighted by atomic mass is 10.1. The first-order chi connectivity index (χ1) is 8.36. The number of nitrogens with one attached hydrogen (secondary N) is 1. The second kappa shape index (κ2) is 4.37. The molecule has 4 heteroatoms. The summed E-state index contributed by atoms with van der Waals surface area (Å²) in [5, 5.41) is 9.14. The lowest BCUT2D eigenvalue weighted by Gasteiger charge is -2.07. The van der Waals surface area contributed by atoms with Gasteiger partial charge in [-0.25, -0.2) is 0 Å². The van der Waals surface area contributed by atoms with Gasteiger partial charge in [-0.3, -0.25) is 4.68 Å². The molecule has 0 radical (unpaired) electrons. The lowest BCUT2D eigenvalue weighted by molar-refractivity contribution is 0.416. The highest BCUT2D eigenvalue weighted by Crippen LogP contribution is 2.24. The predicted octanol–water partition coefficient (Wildman–Crippen LogP) is 1.65. The van der Waals surface area contributed by atoms with Crippen LogP contribution in [0.4, 0.5) is 0 Å². The van der Waals surface area contributed by atoms with Gasteiger partial charge in [0.1, 0.15) is 11.3 Å². The summed E-state index contributed by atoms with van der Waals surface area (Å²) in [4.78, 5) is 0. The molecular formula is C13H17N3O. The van der Waals surface area contributed by atoms with Gasteiger partial charge in [-0.2, -0.15) is 5.10 Å². The van der Waals surface area contributed by atoms with Crippen LogP contribution in [0.2, 0.25) is 0 Å². The highest BCUT2D eigenvalue weighted by molar-refractivity contribution is 5.84. The van der Waals surface area contributed by atoms with E-state index in [-0.39, 0.29) is 0 Å². The first-order valence-electron chi connectivity index (χ1n) is 6.07. The van der Waals surface area contributed by atoms with Crippen molar-refractivity contribution < 1.29 is 4.74 Å². The molecule has 3 rings (SSSR count). The van der Waals surface area contributed by atoms with Crippen LogP contribution in [0.5, 0.6) is 5.75 Å². The topological polar surface area (TPSA) is 39.1 Å². The Morgan fingerprint density at radius 3 is 3.24 bits per heavy atom. The molecule has 17 heavy (non-hydrogen) atoms. The van der Waals surface area contributed by atoms with Gasteiger partial charge >= 0.3 is 0 Å². The molecule has 0 spiro atoms. The second-order valence-corrected chi connectivity index (χ2v) is 4.61. The van der Waals surface area contributed by atoms with Crippen molar-refractivity contribution >= 4 is 10.9 Å². The number of rotatable bonds is 3. The largest absolute Gasteiger partial charge is 0.494 e. The number of methoxy groups -OCH3 is 1. The van der Waals surface area contributed by atoms with Crippen LogP contribution in [0.15, 0.2) is 24.4 Å². The smallest absolute Gasteiger partial charge is 0.146 e. The molecule has 1 saturated heterocycles. The van der Waals surface area contributed by atoms with Gasteiger partial charge in [0, 0.05) is 18.1 Å². The van der Waals surface area contributed by atoms with Gasteiger partial charge in [0.25, 0.3) is 0 Å². The van der Waals surface area contributed by atoms with E-state index in [0.717, 1.165) is 36.3 Å². The van der Waals surface area contributed by atoms with Crippen molar-refractivity contribution in [3.05, 3.63) is 24.4 Å². The molecule has 1 aliphatic rings. The number of hydrogen-bond acceptors (Lipinski definition) is 3. The van der Waals surface area contributed by atoms with Crippen molar-refractivity contribution in [3.8, 4) is 5.75 Å². The van der Waals surface area contributed by atoms with Crippen LogP contribution in [0, 0.1) is 5.92 Å². The van der Waals surface area contributed by atoms with Gasteiger partial charge in [0.05, 0.1) is 7.11 Å². The predicted molar refractivity (Wildman–Crippen MR) is 67.3 cm³/mol. The van der Waals surface area contributed by atoms with Gasteiger partial charge in [-0.15, -0.1) is 0 Å². The van der Waals surface area contributed by atoms with E-state index in [1.165, 1.54) is 6.42 Å². The normalized spacial score (nSPS) is 19.9. The summed E-state index contributed by atoms with van der Waals surface area (Å²) in [6.45, 7) is 3.23. The van der Waals surface area contributed by atoms with Crippen molar-refractivity contribution in [2.24, 2.45) is 5.92 Å². The molecule has 1 fully saturated rings. The Kier molecular flexibility index (Phi) is 2.73. The summed E-state index contributed by atoms with van der Waals surface area (Å²) in [6.07, 6.45) is 3.35. The van der Waals surface area contributed by atoms with Gasteiger partial charge in [-0.1, -0.05) is 12.1 Å². The Labute approximate surface area is 101 Å². The number of nitrogens with zero attached hydrogens (tertiary/aromatic N) is 2. The molecule has 1 aromatic carbocycles. The zero-order valence-corrected chi connectivity index (χ0v) is 10.0. The van der Waals surface area contributed by atoms with Crippen LogP contribution in [-0.2, 0) is 6.54 Å². The molecule has 0 aliphatic carbocycles. The maximum Gasteiger partial charge on any atom is 0.146 e. The summed E-state index contributed by atoms with van der Waals surface area (Å²) < 4.78 is 7.37. The zero-order chi connectivity index (χ0) is 11.7. The van der Waals surface area contributed by atoms with Crippen molar-refractivity contribution in [3.63, 3.8) is 0 Å². The van der Waals surface area contributed by atoms with Gasteiger partial charge in [-0.05, 0) is 31.5 Å². The molecule has 90 valence electrons. The van der Waals surface area contributed by atoms with E-state index in [4.69, 9.17) is 4.74 Å². The van der Waals surface area contributed by atoms with E-state index < -0.39 is 0 Å². The minimum atomic E-state index is 0.704. The summed E-state index contributed by atoms with van der Waals surface area (Å²) in [6, 6.07) is 6.04. The fourth-order valence-electron chi connectivity index (χ4n) is 2.46. The maximum absolute atomic E-state index is 5.32. The van der Waals surface area contributed by atoms with Crippen LogP contribution in [0.25, 0.3) is 10.9 Å². The Bertz CT molecular complexity index is 514. The van der Waals surface area contributed by atoms with Crippen molar-refractivity contribution in [1.29, 1.82) is 0 Å². The monoisotopic (exact) mass is 231 g/mol. The van der Waals surface area contributed by atoms with Crippen LogP contribution in [-0.4, -0.2) is 30.0 Å². The Morgan fingerprint density at radius 2 is 2.47 bits per heavy atom. The summed E-state index contributed by atoms with van der Waals surface area (Å²) in [7, 11) is 1.69. The van der Waals surface area contributed by atoms with E-state index in [9.17, 15) is 0 Å². The molecule has 4 nitrogen and oxygen atoms in total. The van der Waals surface area contributed by atoms with Gasteiger partial charge in [0.2, 0.25) is 0 Å². The number of benzene rings is 1. The number of aromatic nitrogens is 2. The first kappa shape index (κ1) is 10.6. The molecule has 1 aliphatic heterocycles. The number of hydrogen-bond donors (Lipinski definition) is 1. The minimum Gasteiger partial charge on any atom is -0.494 e. The van der Waals surface area contributed by atoms with E-state index in [0.29, 0.717) is 5.92 Å². The molecule has 1 unspecified atom stereocenters. The van der Waals surface area contributed by atoms with Crippen LogP contribution >= 0.6 is 0 Å². The maximum atomic E-state index is 5.32. The van der Waals surface area contributed by atoms with E-state index in [2.05, 4.69) is 22.7 Å². The quantitative estimate of drug-likeness (QED) is 0.873. The molecule has 0 bridgehead atoms. The van der Waals surface area contributed by atoms with Crippen molar-refractivity contribution in [1.82, 2.24) is 15.1 Å². The molecule has 1 atom stereocenters. The fourth-order valence-corrected chi connectivity index (χ4v) is 2.46. The van der Waals surface area contributed by atoms with Crippen molar-refractivity contribution in [2.75, 3.05) is 20.2 Å². The highest BCUT2D eigenvalue weighted by atomic mass is 16.5. The Morgan fingerprint density at radius 1 is 1.53 bits per heavy atom. The van der Waals surface area contributed by atoms with Crippen LogP contribution in [0.3, 0.4) is 0 Å². The van der Waals surface area contributed by atoms with Gasteiger partial charge in [0.15, 0.2) is 0 Å². The molecule has 1 N–H and O–H groups in total. The van der Waals surface area contributed by atoms with E-state index in [1.54, 1.807) is 7.11 Å².